The lowest BCUT2D eigenvalue weighted by atomic mass is 9.79. The second kappa shape index (κ2) is 9.09. The SMILES string of the molecule is CC1CCC([C@H](N)C(=O)Nc2cc(CN3CC(C)(C)NC3=O)ccn2)CC1.Cl. The summed E-state index contributed by atoms with van der Waals surface area (Å²) in [6, 6.07) is 3.09. The summed E-state index contributed by atoms with van der Waals surface area (Å²) in [6.07, 6.45) is 5.92. The van der Waals surface area contributed by atoms with Gasteiger partial charge in [-0.3, -0.25) is 4.79 Å². The van der Waals surface area contributed by atoms with Crippen LogP contribution >= 0.6 is 12.4 Å². The first kappa shape index (κ1) is 22.4. The van der Waals surface area contributed by atoms with E-state index in [-0.39, 0.29) is 35.8 Å². The Morgan fingerprint density at radius 1 is 1.39 bits per heavy atom. The minimum absolute atomic E-state index is 0. The van der Waals surface area contributed by atoms with Crippen LogP contribution in [0.1, 0.15) is 52.0 Å². The molecule has 0 aromatic carbocycles. The summed E-state index contributed by atoms with van der Waals surface area (Å²) in [6.45, 7) is 7.36. The van der Waals surface area contributed by atoms with E-state index in [1.165, 1.54) is 0 Å². The number of anilines is 1. The van der Waals surface area contributed by atoms with Gasteiger partial charge in [0.15, 0.2) is 0 Å². The fourth-order valence-corrected chi connectivity index (χ4v) is 4.01. The van der Waals surface area contributed by atoms with Gasteiger partial charge in [0.1, 0.15) is 5.82 Å². The highest BCUT2D eigenvalue weighted by atomic mass is 35.5. The van der Waals surface area contributed by atoms with E-state index < -0.39 is 6.04 Å². The van der Waals surface area contributed by atoms with Crippen LogP contribution in [-0.2, 0) is 11.3 Å². The number of halogens is 1. The average molecular weight is 410 g/mol. The lowest BCUT2D eigenvalue weighted by Crippen LogP contribution is -2.43. The molecule has 0 spiro atoms. The predicted molar refractivity (Wildman–Crippen MR) is 112 cm³/mol. The number of hydrogen-bond acceptors (Lipinski definition) is 4. The van der Waals surface area contributed by atoms with E-state index in [2.05, 4.69) is 22.5 Å². The van der Waals surface area contributed by atoms with Crippen LogP contribution in [0.5, 0.6) is 0 Å². The zero-order valence-electron chi connectivity index (χ0n) is 16.9. The third-order valence-corrected chi connectivity index (χ3v) is 5.64. The highest BCUT2D eigenvalue weighted by molar-refractivity contribution is 5.94. The van der Waals surface area contributed by atoms with Crippen molar-refractivity contribution in [1.29, 1.82) is 0 Å². The standard InChI is InChI=1S/C20H31N5O2.ClH/c1-13-4-6-15(7-5-13)17(21)18(26)23-16-10-14(8-9-22-16)11-25-12-20(2,3)24-19(25)27;/h8-10,13,15,17H,4-7,11-12,21H2,1-3H3,(H,24,27)(H,22,23,26);1H/t13?,15?,17-;/m0./s1. The van der Waals surface area contributed by atoms with E-state index in [4.69, 9.17) is 5.73 Å². The molecule has 156 valence electrons. The Morgan fingerprint density at radius 3 is 2.68 bits per heavy atom. The van der Waals surface area contributed by atoms with E-state index in [1.807, 2.05) is 26.0 Å². The number of carbonyl (C=O) groups is 2. The van der Waals surface area contributed by atoms with Crippen LogP contribution in [-0.4, -0.2) is 39.9 Å². The Hall–Kier alpha value is -1.86. The van der Waals surface area contributed by atoms with Crippen molar-refractivity contribution in [2.75, 3.05) is 11.9 Å². The lowest BCUT2D eigenvalue weighted by Gasteiger charge is -2.29. The van der Waals surface area contributed by atoms with Crippen LogP contribution in [0, 0.1) is 11.8 Å². The molecule has 1 aromatic rings. The number of nitrogens with zero attached hydrogens (tertiary/aromatic N) is 2. The van der Waals surface area contributed by atoms with Gasteiger partial charge in [0, 0.05) is 19.3 Å². The maximum atomic E-state index is 12.5. The van der Waals surface area contributed by atoms with Gasteiger partial charge in [-0.2, -0.15) is 0 Å². The minimum atomic E-state index is -0.506. The molecule has 3 rings (SSSR count). The molecule has 3 amide bonds. The van der Waals surface area contributed by atoms with Gasteiger partial charge in [-0.05, 0) is 56.2 Å². The van der Waals surface area contributed by atoms with Gasteiger partial charge in [0.2, 0.25) is 5.91 Å². The van der Waals surface area contributed by atoms with Gasteiger partial charge in [-0.15, -0.1) is 12.4 Å². The molecule has 7 nitrogen and oxygen atoms in total. The second-order valence-electron chi connectivity index (χ2n) is 8.75. The molecule has 1 saturated heterocycles. The first-order chi connectivity index (χ1) is 12.7. The third-order valence-electron chi connectivity index (χ3n) is 5.64. The quantitative estimate of drug-likeness (QED) is 0.695. The van der Waals surface area contributed by atoms with Crippen molar-refractivity contribution in [3.05, 3.63) is 23.9 Å². The number of rotatable bonds is 5. The zero-order valence-corrected chi connectivity index (χ0v) is 17.7. The Balaban J connectivity index is 0.00000280. The van der Waals surface area contributed by atoms with Gasteiger partial charge in [-0.1, -0.05) is 19.8 Å². The number of pyridine rings is 1. The predicted octanol–water partition coefficient (Wildman–Crippen LogP) is 2.90. The molecule has 0 unspecified atom stereocenters. The van der Waals surface area contributed by atoms with Crippen molar-refractivity contribution in [3.63, 3.8) is 0 Å². The van der Waals surface area contributed by atoms with Crippen LogP contribution in [0.4, 0.5) is 10.6 Å². The number of urea groups is 1. The molecule has 28 heavy (non-hydrogen) atoms. The highest BCUT2D eigenvalue weighted by Crippen LogP contribution is 2.30. The van der Waals surface area contributed by atoms with Crippen molar-refractivity contribution >= 4 is 30.2 Å². The molecule has 1 aliphatic heterocycles. The monoisotopic (exact) mass is 409 g/mol. The zero-order chi connectivity index (χ0) is 19.6. The Bertz CT molecular complexity index is 704. The Morgan fingerprint density at radius 2 is 2.07 bits per heavy atom. The average Bonchev–Trinajstić information content (AvgIpc) is 2.86. The van der Waals surface area contributed by atoms with Crippen molar-refractivity contribution in [1.82, 2.24) is 15.2 Å². The molecule has 8 heteroatoms. The molecule has 0 radical (unpaired) electrons. The van der Waals surface area contributed by atoms with E-state index in [1.54, 1.807) is 11.1 Å². The van der Waals surface area contributed by atoms with Gasteiger partial charge in [0.25, 0.3) is 0 Å². The summed E-state index contributed by atoms with van der Waals surface area (Å²) < 4.78 is 0. The minimum Gasteiger partial charge on any atom is -0.331 e. The van der Waals surface area contributed by atoms with Crippen LogP contribution in [0.25, 0.3) is 0 Å². The van der Waals surface area contributed by atoms with Crippen LogP contribution < -0.4 is 16.4 Å². The largest absolute Gasteiger partial charge is 0.331 e. The first-order valence-corrected chi connectivity index (χ1v) is 9.82. The molecule has 1 aromatic heterocycles. The summed E-state index contributed by atoms with van der Waals surface area (Å²) in [5.41, 5.74) is 6.90. The second-order valence-corrected chi connectivity index (χ2v) is 8.75. The third kappa shape index (κ3) is 5.58. The fraction of sp³-hybridized carbons (Fsp3) is 0.650. The Labute approximate surface area is 173 Å². The van der Waals surface area contributed by atoms with Gasteiger partial charge in [0.05, 0.1) is 11.6 Å². The lowest BCUT2D eigenvalue weighted by molar-refractivity contribution is -0.118. The van der Waals surface area contributed by atoms with Crippen LogP contribution in [0.15, 0.2) is 18.3 Å². The molecular formula is C20H32ClN5O2. The number of nitrogens with two attached hydrogens (primary N) is 1. The summed E-state index contributed by atoms with van der Waals surface area (Å²) in [7, 11) is 0. The summed E-state index contributed by atoms with van der Waals surface area (Å²) in [4.78, 5) is 30.6. The molecule has 1 atom stereocenters. The number of aromatic nitrogens is 1. The van der Waals surface area contributed by atoms with Crippen LogP contribution in [0.3, 0.4) is 0 Å². The van der Waals surface area contributed by atoms with Gasteiger partial charge in [-0.25, -0.2) is 9.78 Å². The molecule has 4 N–H and O–H groups in total. The topological polar surface area (TPSA) is 100 Å². The molecule has 2 aliphatic rings. The summed E-state index contributed by atoms with van der Waals surface area (Å²) in [5.74, 6) is 1.26. The number of nitrogens with one attached hydrogen (secondary N) is 2. The van der Waals surface area contributed by atoms with Crippen molar-refractivity contribution in [2.45, 2.75) is 64.6 Å². The maximum absolute atomic E-state index is 12.5. The van der Waals surface area contributed by atoms with E-state index in [0.717, 1.165) is 37.2 Å². The summed E-state index contributed by atoms with van der Waals surface area (Å²) >= 11 is 0. The molecule has 2 heterocycles. The first-order valence-electron chi connectivity index (χ1n) is 9.82. The molecule has 1 saturated carbocycles. The van der Waals surface area contributed by atoms with E-state index >= 15 is 0 Å². The van der Waals surface area contributed by atoms with Crippen molar-refractivity contribution in [3.8, 4) is 0 Å². The smallest absolute Gasteiger partial charge is 0.318 e. The maximum Gasteiger partial charge on any atom is 0.318 e. The summed E-state index contributed by atoms with van der Waals surface area (Å²) in [5, 5.41) is 5.80. The fourth-order valence-electron chi connectivity index (χ4n) is 4.01. The van der Waals surface area contributed by atoms with Gasteiger partial charge >= 0.3 is 6.03 Å². The molecule has 2 fully saturated rings. The van der Waals surface area contributed by atoms with Crippen molar-refractivity contribution < 1.29 is 9.59 Å². The van der Waals surface area contributed by atoms with E-state index in [0.29, 0.717) is 18.9 Å². The van der Waals surface area contributed by atoms with Crippen LogP contribution in [0.2, 0.25) is 0 Å². The van der Waals surface area contributed by atoms with Crippen molar-refractivity contribution in [2.24, 2.45) is 17.6 Å². The van der Waals surface area contributed by atoms with E-state index in [9.17, 15) is 9.59 Å². The number of carbonyl (C=O) groups excluding carboxylic acids is 2. The molecular weight excluding hydrogens is 378 g/mol. The normalized spacial score (nSPS) is 24.9. The molecule has 0 bridgehead atoms. The number of amides is 3. The number of hydrogen-bond donors (Lipinski definition) is 3. The molecule has 1 aliphatic carbocycles. The highest BCUT2D eigenvalue weighted by Gasteiger charge is 2.34. The van der Waals surface area contributed by atoms with Gasteiger partial charge < -0.3 is 21.3 Å². The Kier molecular flexibility index (Phi) is 7.28.